The van der Waals surface area contributed by atoms with Crippen LogP contribution in [-0.2, 0) is 13.0 Å². The highest BCUT2D eigenvalue weighted by molar-refractivity contribution is 5.86. The summed E-state index contributed by atoms with van der Waals surface area (Å²) in [5, 5.41) is 4.53. The van der Waals surface area contributed by atoms with Gasteiger partial charge in [-0.05, 0) is 12.5 Å². The highest BCUT2D eigenvalue weighted by Crippen LogP contribution is 2.39. The fraction of sp³-hybridized carbons (Fsp3) is 0.467. The minimum absolute atomic E-state index is 0.297. The monoisotopic (exact) mass is 261 g/mol. The predicted octanol–water partition coefficient (Wildman–Crippen LogP) is 3.22. The maximum absolute atomic E-state index is 5.97. The first-order valence-corrected chi connectivity index (χ1v) is 6.76. The molecule has 0 aliphatic carbocycles. The molecule has 0 fully saturated rings. The molecule has 2 heterocycles. The number of nitrogens with one attached hydrogen (secondary N) is 1. The molecule has 0 saturated heterocycles. The Morgan fingerprint density at radius 1 is 1.21 bits per heavy atom. The molecule has 0 saturated carbocycles. The van der Waals surface area contributed by atoms with Crippen LogP contribution in [0.4, 0.5) is 0 Å². The lowest BCUT2D eigenvalue weighted by Gasteiger charge is -2.06. The van der Waals surface area contributed by atoms with E-state index < -0.39 is 0 Å². The van der Waals surface area contributed by atoms with Crippen molar-refractivity contribution < 1.29 is 13.9 Å². The standard InChI is InChI=1S/C15H19NO3/c1-4-10-11-5-13-14(18-8-17-13)6-12(11)19-15(10)7-16-9(2)3/h5-6,9,16H,4,7-8H2,1-3H3. The maximum Gasteiger partial charge on any atom is 0.231 e. The molecule has 1 aliphatic rings. The average molecular weight is 261 g/mol. The average Bonchev–Trinajstić information content (AvgIpc) is 2.95. The van der Waals surface area contributed by atoms with E-state index in [0.29, 0.717) is 12.8 Å². The molecule has 0 radical (unpaired) electrons. The fourth-order valence-electron chi connectivity index (χ4n) is 2.42. The van der Waals surface area contributed by atoms with Crippen molar-refractivity contribution in [2.24, 2.45) is 0 Å². The number of hydrogen-bond acceptors (Lipinski definition) is 4. The summed E-state index contributed by atoms with van der Waals surface area (Å²) < 4.78 is 16.8. The van der Waals surface area contributed by atoms with E-state index in [1.807, 2.05) is 12.1 Å². The summed E-state index contributed by atoms with van der Waals surface area (Å²) in [5.74, 6) is 2.59. The van der Waals surface area contributed by atoms with Crippen LogP contribution in [0.5, 0.6) is 11.5 Å². The van der Waals surface area contributed by atoms with Crippen LogP contribution in [0, 0.1) is 0 Å². The van der Waals surface area contributed by atoms with Gasteiger partial charge in [0.15, 0.2) is 11.5 Å². The Labute approximate surface area is 112 Å². The molecule has 4 nitrogen and oxygen atoms in total. The summed E-state index contributed by atoms with van der Waals surface area (Å²) in [6.07, 6.45) is 0.946. The highest BCUT2D eigenvalue weighted by Gasteiger charge is 2.20. The Morgan fingerprint density at radius 2 is 1.95 bits per heavy atom. The number of ether oxygens (including phenoxy) is 2. The van der Waals surface area contributed by atoms with Gasteiger partial charge in [0.1, 0.15) is 11.3 Å². The first kappa shape index (κ1) is 12.4. The van der Waals surface area contributed by atoms with Crippen molar-refractivity contribution >= 4 is 11.0 Å². The minimum Gasteiger partial charge on any atom is -0.459 e. The van der Waals surface area contributed by atoms with Crippen molar-refractivity contribution in [2.75, 3.05) is 6.79 Å². The van der Waals surface area contributed by atoms with Crippen molar-refractivity contribution in [1.82, 2.24) is 5.32 Å². The lowest BCUT2D eigenvalue weighted by molar-refractivity contribution is 0.174. The van der Waals surface area contributed by atoms with E-state index in [9.17, 15) is 0 Å². The van der Waals surface area contributed by atoms with Crippen molar-refractivity contribution in [3.8, 4) is 11.5 Å². The summed E-state index contributed by atoms with van der Waals surface area (Å²) >= 11 is 0. The molecule has 1 N–H and O–H groups in total. The molecule has 2 aromatic rings. The first-order valence-electron chi connectivity index (χ1n) is 6.76. The Balaban J connectivity index is 2.04. The highest BCUT2D eigenvalue weighted by atomic mass is 16.7. The first-order chi connectivity index (χ1) is 9.19. The predicted molar refractivity (Wildman–Crippen MR) is 73.7 cm³/mol. The number of furan rings is 1. The zero-order valence-corrected chi connectivity index (χ0v) is 11.6. The van der Waals surface area contributed by atoms with Gasteiger partial charge >= 0.3 is 0 Å². The molecule has 0 unspecified atom stereocenters. The summed E-state index contributed by atoms with van der Waals surface area (Å²) in [7, 11) is 0. The Morgan fingerprint density at radius 3 is 2.63 bits per heavy atom. The maximum atomic E-state index is 5.97. The van der Waals surface area contributed by atoms with E-state index in [1.165, 1.54) is 5.56 Å². The van der Waals surface area contributed by atoms with Gasteiger partial charge in [-0.2, -0.15) is 0 Å². The minimum atomic E-state index is 0.297. The number of benzene rings is 1. The quantitative estimate of drug-likeness (QED) is 0.917. The van der Waals surface area contributed by atoms with Gasteiger partial charge in [0.2, 0.25) is 6.79 Å². The van der Waals surface area contributed by atoms with E-state index in [0.717, 1.165) is 41.2 Å². The lowest BCUT2D eigenvalue weighted by Crippen LogP contribution is -2.22. The smallest absolute Gasteiger partial charge is 0.231 e. The van der Waals surface area contributed by atoms with E-state index in [4.69, 9.17) is 13.9 Å². The van der Waals surface area contributed by atoms with Crippen LogP contribution in [-0.4, -0.2) is 12.8 Å². The van der Waals surface area contributed by atoms with Gasteiger partial charge in [0.25, 0.3) is 0 Å². The molecule has 19 heavy (non-hydrogen) atoms. The Hall–Kier alpha value is -1.68. The van der Waals surface area contributed by atoms with Crippen LogP contribution in [0.2, 0.25) is 0 Å². The summed E-state index contributed by atoms with van der Waals surface area (Å²) in [6, 6.07) is 4.39. The lowest BCUT2D eigenvalue weighted by atomic mass is 10.1. The van der Waals surface area contributed by atoms with Gasteiger partial charge in [-0.3, -0.25) is 0 Å². The zero-order chi connectivity index (χ0) is 13.4. The number of fused-ring (bicyclic) bond motifs is 2. The van der Waals surface area contributed by atoms with Gasteiger partial charge in [0.05, 0.1) is 6.54 Å². The van der Waals surface area contributed by atoms with Gasteiger partial charge in [0, 0.05) is 23.1 Å². The molecular weight excluding hydrogens is 242 g/mol. The molecule has 1 aromatic carbocycles. The molecule has 4 heteroatoms. The van der Waals surface area contributed by atoms with Crippen LogP contribution < -0.4 is 14.8 Å². The SMILES string of the molecule is CCc1c(CNC(C)C)oc2cc3c(cc12)OCO3. The normalized spacial score (nSPS) is 13.7. The van der Waals surface area contributed by atoms with Gasteiger partial charge < -0.3 is 19.2 Å². The fourth-order valence-corrected chi connectivity index (χ4v) is 2.42. The van der Waals surface area contributed by atoms with Gasteiger partial charge in [-0.25, -0.2) is 0 Å². The van der Waals surface area contributed by atoms with Crippen LogP contribution in [0.1, 0.15) is 32.1 Å². The molecule has 1 aromatic heterocycles. The Kier molecular flexibility index (Phi) is 3.11. The van der Waals surface area contributed by atoms with Gasteiger partial charge in [-0.1, -0.05) is 20.8 Å². The molecule has 102 valence electrons. The van der Waals surface area contributed by atoms with Crippen molar-refractivity contribution in [3.63, 3.8) is 0 Å². The molecule has 1 aliphatic heterocycles. The largest absolute Gasteiger partial charge is 0.459 e. The van der Waals surface area contributed by atoms with Crippen LogP contribution in [0.3, 0.4) is 0 Å². The third kappa shape index (κ3) is 2.16. The van der Waals surface area contributed by atoms with Crippen LogP contribution >= 0.6 is 0 Å². The van der Waals surface area contributed by atoms with E-state index in [1.54, 1.807) is 0 Å². The summed E-state index contributed by atoms with van der Waals surface area (Å²) in [5.41, 5.74) is 2.13. The van der Waals surface area contributed by atoms with Crippen molar-refractivity contribution in [1.29, 1.82) is 0 Å². The second kappa shape index (κ2) is 4.78. The second-order valence-electron chi connectivity index (χ2n) is 5.09. The van der Waals surface area contributed by atoms with Crippen LogP contribution in [0.25, 0.3) is 11.0 Å². The van der Waals surface area contributed by atoms with Crippen molar-refractivity contribution in [3.05, 3.63) is 23.5 Å². The summed E-state index contributed by atoms with van der Waals surface area (Å²) in [6.45, 7) is 7.45. The molecule has 0 atom stereocenters. The number of aryl methyl sites for hydroxylation is 1. The summed E-state index contributed by atoms with van der Waals surface area (Å²) in [4.78, 5) is 0. The molecule has 0 bridgehead atoms. The van der Waals surface area contributed by atoms with Crippen LogP contribution in [0.15, 0.2) is 16.5 Å². The van der Waals surface area contributed by atoms with Gasteiger partial charge in [-0.15, -0.1) is 0 Å². The Bertz CT molecular complexity index is 601. The number of rotatable bonds is 4. The zero-order valence-electron chi connectivity index (χ0n) is 11.6. The second-order valence-corrected chi connectivity index (χ2v) is 5.09. The third-order valence-electron chi connectivity index (χ3n) is 3.39. The van der Waals surface area contributed by atoms with E-state index in [-0.39, 0.29) is 0 Å². The van der Waals surface area contributed by atoms with Crippen molar-refractivity contribution in [2.45, 2.75) is 39.8 Å². The molecule has 0 spiro atoms. The molecular formula is C15H19NO3. The van der Waals surface area contributed by atoms with E-state index in [2.05, 4.69) is 26.1 Å². The number of hydrogen-bond donors (Lipinski definition) is 1. The molecule has 0 amide bonds. The molecule has 3 rings (SSSR count). The third-order valence-corrected chi connectivity index (χ3v) is 3.39. The van der Waals surface area contributed by atoms with E-state index >= 15 is 0 Å². The topological polar surface area (TPSA) is 43.6 Å².